The molecule has 2 nitrogen and oxygen atoms in total. The van der Waals surface area contributed by atoms with E-state index in [1.165, 1.54) is 17.5 Å². The molecule has 94 valence electrons. The Morgan fingerprint density at radius 3 is 2.50 bits per heavy atom. The van der Waals surface area contributed by atoms with Crippen molar-refractivity contribution in [1.82, 2.24) is 9.97 Å². The van der Waals surface area contributed by atoms with Crippen molar-refractivity contribution >= 4 is 11.6 Å². The molecular formula is C15H17ClN2. The number of aryl methyl sites for hydroxylation is 2. The molecule has 1 aromatic carbocycles. The van der Waals surface area contributed by atoms with Crippen molar-refractivity contribution in [2.45, 2.75) is 33.6 Å². The molecule has 2 aromatic rings. The third-order valence-corrected chi connectivity index (χ3v) is 3.36. The van der Waals surface area contributed by atoms with Gasteiger partial charge in [-0.1, -0.05) is 43.1 Å². The number of benzene rings is 1. The summed E-state index contributed by atoms with van der Waals surface area (Å²) in [6, 6.07) is 6.38. The molecule has 0 aliphatic carbocycles. The first-order valence-electron chi connectivity index (χ1n) is 6.08. The summed E-state index contributed by atoms with van der Waals surface area (Å²) in [5, 5.41) is 0.552. The average molecular weight is 261 g/mol. The molecule has 0 aliphatic heterocycles. The molecular weight excluding hydrogens is 244 g/mol. The summed E-state index contributed by atoms with van der Waals surface area (Å²) < 4.78 is 0. The molecule has 18 heavy (non-hydrogen) atoms. The van der Waals surface area contributed by atoms with Gasteiger partial charge in [0.05, 0.1) is 5.69 Å². The standard InChI is InChI=1S/C15H17ClN2/c1-9(2)13-14(17-8-18-15(13)16)12-7-10(3)5-6-11(12)4/h5-9H,1-4H3. The Bertz CT molecular complexity index is 577. The van der Waals surface area contributed by atoms with Crippen molar-refractivity contribution in [3.8, 4) is 11.3 Å². The molecule has 0 spiro atoms. The molecule has 0 amide bonds. The van der Waals surface area contributed by atoms with Gasteiger partial charge in [-0.25, -0.2) is 9.97 Å². The van der Waals surface area contributed by atoms with Crippen LogP contribution in [-0.2, 0) is 0 Å². The summed E-state index contributed by atoms with van der Waals surface area (Å²) in [7, 11) is 0. The van der Waals surface area contributed by atoms with Crippen LogP contribution < -0.4 is 0 Å². The molecule has 0 saturated carbocycles. The number of rotatable bonds is 2. The smallest absolute Gasteiger partial charge is 0.136 e. The van der Waals surface area contributed by atoms with E-state index in [2.05, 4.69) is 55.9 Å². The lowest BCUT2D eigenvalue weighted by molar-refractivity contribution is 0.849. The van der Waals surface area contributed by atoms with Gasteiger partial charge in [-0.2, -0.15) is 0 Å². The number of hydrogen-bond donors (Lipinski definition) is 0. The molecule has 0 N–H and O–H groups in total. The summed E-state index contributed by atoms with van der Waals surface area (Å²) >= 11 is 6.22. The summed E-state index contributed by atoms with van der Waals surface area (Å²) in [5.74, 6) is 0.300. The maximum absolute atomic E-state index is 6.22. The minimum atomic E-state index is 0.300. The molecule has 0 unspecified atom stereocenters. The second-order valence-corrected chi connectivity index (χ2v) is 5.26. The van der Waals surface area contributed by atoms with Gasteiger partial charge in [0, 0.05) is 11.1 Å². The number of halogens is 1. The fourth-order valence-electron chi connectivity index (χ4n) is 2.09. The van der Waals surface area contributed by atoms with E-state index in [0.717, 1.165) is 16.8 Å². The Morgan fingerprint density at radius 2 is 1.83 bits per heavy atom. The summed E-state index contributed by atoms with van der Waals surface area (Å²) in [6.45, 7) is 8.40. The van der Waals surface area contributed by atoms with Crippen molar-refractivity contribution in [1.29, 1.82) is 0 Å². The molecule has 3 heteroatoms. The first-order valence-corrected chi connectivity index (χ1v) is 6.46. The highest BCUT2D eigenvalue weighted by atomic mass is 35.5. The van der Waals surface area contributed by atoms with Gasteiger partial charge >= 0.3 is 0 Å². The van der Waals surface area contributed by atoms with Crippen molar-refractivity contribution in [3.05, 3.63) is 46.4 Å². The zero-order chi connectivity index (χ0) is 13.3. The monoisotopic (exact) mass is 260 g/mol. The van der Waals surface area contributed by atoms with Crippen LogP contribution in [0.1, 0.15) is 36.5 Å². The first kappa shape index (κ1) is 13.0. The Hall–Kier alpha value is -1.41. The van der Waals surface area contributed by atoms with Crippen LogP contribution in [-0.4, -0.2) is 9.97 Å². The van der Waals surface area contributed by atoms with Crippen molar-refractivity contribution < 1.29 is 0 Å². The fourth-order valence-corrected chi connectivity index (χ4v) is 2.44. The van der Waals surface area contributed by atoms with E-state index in [4.69, 9.17) is 11.6 Å². The third-order valence-electron chi connectivity index (χ3n) is 3.06. The van der Waals surface area contributed by atoms with Gasteiger partial charge < -0.3 is 0 Å². The molecule has 2 rings (SSSR count). The number of nitrogens with zero attached hydrogens (tertiary/aromatic N) is 2. The summed E-state index contributed by atoms with van der Waals surface area (Å²) in [6.07, 6.45) is 1.53. The van der Waals surface area contributed by atoms with Gasteiger partial charge in [0.1, 0.15) is 11.5 Å². The highest BCUT2D eigenvalue weighted by Gasteiger charge is 2.16. The predicted molar refractivity (Wildman–Crippen MR) is 76.0 cm³/mol. The van der Waals surface area contributed by atoms with Gasteiger partial charge in [-0.05, 0) is 31.4 Å². The lowest BCUT2D eigenvalue weighted by atomic mass is 9.95. The Morgan fingerprint density at radius 1 is 1.11 bits per heavy atom. The lowest BCUT2D eigenvalue weighted by Gasteiger charge is -2.15. The van der Waals surface area contributed by atoms with E-state index in [1.54, 1.807) is 0 Å². The topological polar surface area (TPSA) is 25.8 Å². The minimum absolute atomic E-state index is 0.300. The quantitative estimate of drug-likeness (QED) is 0.741. The Kier molecular flexibility index (Phi) is 3.67. The van der Waals surface area contributed by atoms with Crippen LogP contribution in [0.3, 0.4) is 0 Å². The predicted octanol–water partition coefficient (Wildman–Crippen LogP) is 4.54. The van der Waals surface area contributed by atoms with Gasteiger partial charge in [0.2, 0.25) is 0 Å². The largest absolute Gasteiger partial charge is 0.236 e. The van der Waals surface area contributed by atoms with Crippen LogP contribution in [0.15, 0.2) is 24.5 Å². The molecule has 1 heterocycles. The van der Waals surface area contributed by atoms with Gasteiger partial charge in [0.25, 0.3) is 0 Å². The Labute approximate surface area is 113 Å². The molecule has 0 bridgehead atoms. The van der Waals surface area contributed by atoms with Crippen molar-refractivity contribution in [3.63, 3.8) is 0 Å². The molecule has 0 radical (unpaired) electrons. The number of hydrogen-bond acceptors (Lipinski definition) is 2. The second kappa shape index (κ2) is 5.07. The fraction of sp³-hybridized carbons (Fsp3) is 0.333. The van der Waals surface area contributed by atoms with Crippen molar-refractivity contribution in [2.75, 3.05) is 0 Å². The molecule has 0 saturated heterocycles. The minimum Gasteiger partial charge on any atom is -0.236 e. The Balaban J connectivity index is 2.71. The van der Waals surface area contributed by atoms with E-state index in [-0.39, 0.29) is 0 Å². The van der Waals surface area contributed by atoms with Gasteiger partial charge in [0.15, 0.2) is 0 Å². The van der Waals surface area contributed by atoms with Gasteiger partial charge in [-0.3, -0.25) is 0 Å². The van der Waals surface area contributed by atoms with E-state index >= 15 is 0 Å². The SMILES string of the molecule is Cc1ccc(C)c(-c2ncnc(Cl)c2C(C)C)c1. The molecule has 0 atom stereocenters. The van der Waals surface area contributed by atoms with E-state index in [0.29, 0.717) is 11.1 Å². The van der Waals surface area contributed by atoms with Gasteiger partial charge in [-0.15, -0.1) is 0 Å². The molecule has 1 aromatic heterocycles. The highest BCUT2D eigenvalue weighted by molar-refractivity contribution is 6.30. The average Bonchev–Trinajstić information content (AvgIpc) is 2.31. The third kappa shape index (κ3) is 2.39. The normalized spacial score (nSPS) is 11.0. The van der Waals surface area contributed by atoms with Crippen LogP contribution in [0, 0.1) is 13.8 Å². The molecule has 0 fully saturated rings. The summed E-state index contributed by atoms with van der Waals surface area (Å²) in [4.78, 5) is 8.53. The molecule has 0 aliphatic rings. The lowest BCUT2D eigenvalue weighted by Crippen LogP contribution is -2.00. The first-order chi connectivity index (χ1) is 8.50. The van der Waals surface area contributed by atoms with Crippen LogP contribution in [0.5, 0.6) is 0 Å². The van der Waals surface area contributed by atoms with Crippen molar-refractivity contribution in [2.24, 2.45) is 0 Å². The number of aromatic nitrogens is 2. The van der Waals surface area contributed by atoms with Crippen LogP contribution in [0.2, 0.25) is 5.15 Å². The zero-order valence-electron chi connectivity index (χ0n) is 11.2. The van der Waals surface area contributed by atoms with Crippen LogP contribution in [0.4, 0.5) is 0 Å². The van der Waals surface area contributed by atoms with E-state index in [1.807, 2.05) is 0 Å². The van der Waals surface area contributed by atoms with E-state index in [9.17, 15) is 0 Å². The highest BCUT2D eigenvalue weighted by Crippen LogP contribution is 2.33. The van der Waals surface area contributed by atoms with Crippen LogP contribution in [0.25, 0.3) is 11.3 Å². The maximum atomic E-state index is 6.22. The van der Waals surface area contributed by atoms with E-state index < -0.39 is 0 Å². The second-order valence-electron chi connectivity index (χ2n) is 4.90. The zero-order valence-corrected chi connectivity index (χ0v) is 11.9. The summed E-state index contributed by atoms with van der Waals surface area (Å²) in [5.41, 5.74) is 5.54. The van der Waals surface area contributed by atoms with Crippen LogP contribution >= 0.6 is 11.6 Å². The maximum Gasteiger partial charge on any atom is 0.136 e.